The van der Waals surface area contributed by atoms with Crippen molar-refractivity contribution in [1.82, 2.24) is 21.3 Å². The maximum absolute atomic E-state index is 13.1. The highest BCUT2D eigenvalue weighted by Gasteiger charge is 2.50. The lowest BCUT2D eigenvalue weighted by Crippen LogP contribution is -2.57. The zero-order valence-corrected chi connectivity index (χ0v) is 24.1. The second-order valence-electron chi connectivity index (χ2n) is 11.1. The average molecular weight is 529 g/mol. The topological polar surface area (TPSA) is 146 Å². The lowest BCUT2D eigenvalue weighted by atomic mass is 9.93. The Hall–Kier alpha value is -2.06. The second-order valence-corrected chi connectivity index (χ2v) is 11.8. The summed E-state index contributed by atoms with van der Waals surface area (Å²) in [5, 5.41) is 10.8. The van der Waals surface area contributed by atoms with Gasteiger partial charge in [-0.3, -0.25) is 24.0 Å². The van der Waals surface area contributed by atoms with E-state index in [9.17, 15) is 24.0 Å². The van der Waals surface area contributed by atoms with Crippen LogP contribution < -0.4 is 21.3 Å². The van der Waals surface area contributed by atoms with E-state index >= 15 is 0 Å². The predicted octanol–water partition coefficient (Wildman–Crippen LogP) is 1.27. The molecule has 1 fully saturated rings. The summed E-state index contributed by atoms with van der Waals surface area (Å²) in [4.78, 5) is 63.2. The summed E-state index contributed by atoms with van der Waals surface area (Å²) in [6.45, 7) is 15.0. The molecule has 36 heavy (non-hydrogen) atoms. The summed E-state index contributed by atoms with van der Waals surface area (Å²) < 4.78 is 5.26. The van der Waals surface area contributed by atoms with E-state index in [0.29, 0.717) is 25.9 Å². The molecule has 1 rings (SSSR count). The zero-order valence-electron chi connectivity index (χ0n) is 22.9. The number of epoxide rings is 1. The van der Waals surface area contributed by atoms with Crippen molar-refractivity contribution in [3.8, 4) is 0 Å². The predicted molar refractivity (Wildman–Crippen MR) is 141 cm³/mol. The summed E-state index contributed by atoms with van der Waals surface area (Å²) in [5.74, 6) is -2.65. The van der Waals surface area contributed by atoms with E-state index in [4.69, 9.17) is 4.74 Å². The molecule has 0 saturated carbocycles. The van der Waals surface area contributed by atoms with Crippen molar-refractivity contribution in [2.24, 2.45) is 17.8 Å². The number of carbonyl (C=O) groups is 5. The largest absolute Gasteiger partial charge is 0.361 e. The van der Waals surface area contributed by atoms with Crippen LogP contribution in [-0.4, -0.2) is 65.5 Å². The van der Waals surface area contributed by atoms with Gasteiger partial charge in [-0.05, 0) is 43.9 Å². The van der Waals surface area contributed by atoms with Crippen LogP contribution in [0.5, 0.6) is 0 Å². The van der Waals surface area contributed by atoms with E-state index in [-0.39, 0.29) is 29.4 Å². The normalized spacial score (nSPS) is 20.3. The first-order valence-electron chi connectivity index (χ1n) is 12.7. The van der Waals surface area contributed by atoms with Gasteiger partial charge in [-0.25, -0.2) is 0 Å². The van der Waals surface area contributed by atoms with Crippen LogP contribution in [0.3, 0.4) is 0 Å². The lowest BCUT2D eigenvalue weighted by molar-refractivity contribution is -0.134. The fourth-order valence-electron chi connectivity index (χ4n) is 3.83. The minimum Gasteiger partial charge on any atom is -0.361 e. The van der Waals surface area contributed by atoms with Gasteiger partial charge in [0.1, 0.15) is 23.5 Å². The Morgan fingerprint density at radius 2 is 1.11 bits per heavy atom. The Bertz CT molecular complexity index is 812. The quantitative estimate of drug-likeness (QED) is 0.186. The van der Waals surface area contributed by atoms with E-state index in [2.05, 4.69) is 30.5 Å². The first kappa shape index (κ1) is 32.0. The number of ketones is 1. The van der Waals surface area contributed by atoms with Gasteiger partial charge in [0.25, 0.3) is 0 Å². The maximum atomic E-state index is 13.1. The Balaban J connectivity index is 2.88. The van der Waals surface area contributed by atoms with Crippen molar-refractivity contribution in [3.63, 3.8) is 0 Å². The third-order valence-electron chi connectivity index (χ3n) is 5.76. The number of carbonyl (C=O) groups excluding carboxylic acids is 5. The first-order valence-corrected chi connectivity index (χ1v) is 13.3. The van der Waals surface area contributed by atoms with E-state index in [1.54, 1.807) is 6.92 Å². The lowest BCUT2D eigenvalue weighted by Gasteiger charge is -2.27. The minimum absolute atomic E-state index is 0.0782. The van der Waals surface area contributed by atoms with Crippen molar-refractivity contribution >= 4 is 38.7 Å². The molecule has 0 radical (unpaired) electrons. The van der Waals surface area contributed by atoms with Crippen molar-refractivity contribution in [3.05, 3.63) is 0 Å². The SMILES string of the molecule is CC(=O)N[C@@H](CC(C)C)C(=O)N[C@@H](CC(C)C)C(=O)N[C@@H](P)C(=O)N[C@@H](CC(C)C)C(=O)[C@@]1(C)CO1. The fraction of sp³-hybridized carbons (Fsp3) is 0.800. The van der Waals surface area contributed by atoms with Crippen LogP contribution in [0, 0.1) is 17.8 Å². The van der Waals surface area contributed by atoms with Gasteiger partial charge in [0.2, 0.25) is 23.6 Å². The highest BCUT2D eigenvalue weighted by atomic mass is 31.0. The van der Waals surface area contributed by atoms with Crippen LogP contribution in [-0.2, 0) is 28.7 Å². The van der Waals surface area contributed by atoms with Crippen LogP contribution in [0.1, 0.15) is 74.7 Å². The molecule has 0 bridgehead atoms. The standard InChI is InChI=1S/C25H45N4O6P/c1-13(2)9-17(20(31)25(8)12-35-25)27-23(34)24(36)29-22(33)19(11-15(5)6)28-21(32)18(10-14(3)4)26-16(7)30/h13-15,17-19,24H,9-12,36H2,1-8H3,(H,26,30)(H,27,34)(H,28,32)(H,29,33)/t17-,18-,19-,24-,25+/m0/s1. The first-order chi connectivity index (χ1) is 16.6. The van der Waals surface area contributed by atoms with Crippen molar-refractivity contribution in [2.75, 3.05) is 6.61 Å². The number of amides is 4. The van der Waals surface area contributed by atoms with Crippen LogP contribution in [0.25, 0.3) is 0 Å². The molecular formula is C25H45N4O6P. The van der Waals surface area contributed by atoms with E-state index < -0.39 is 47.2 Å². The zero-order chi connectivity index (χ0) is 27.8. The Labute approximate surface area is 217 Å². The summed E-state index contributed by atoms with van der Waals surface area (Å²) in [6, 6.07) is -2.40. The fourth-order valence-corrected chi connectivity index (χ4v) is 4.09. The number of hydrogen-bond donors (Lipinski definition) is 4. The molecule has 1 unspecified atom stereocenters. The molecule has 0 spiro atoms. The third kappa shape index (κ3) is 10.9. The molecule has 1 saturated heterocycles. The molecule has 1 aliphatic heterocycles. The number of Topliss-reactive ketones (excluding diaryl/α,β-unsaturated/α-hetero) is 1. The molecule has 206 valence electrons. The number of ether oxygens (including phenoxy) is 1. The molecule has 11 heteroatoms. The molecule has 1 aliphatic rings. The smallest absolute Gasteiger partial charge is 0.247 e. The summed E-state index contributed by atoms with van der Waals surface area (Å²) in [7, 11) is 2.27. The van der Waals surface area contributed by atoms with Crippen molar-refractivity contribution < 1.29 is 28.7 Å². The molecule has 4 amide bonds. The Morgan fingerprint density at radius 1 is 0.722 bits per heavy atom. The highest BCUT2D eigenvalue weighted by Crippen LogP contribution is 2.29. The molecule has 0 aromatic rings. The molecule has 0 aliphatic carbocycles. The van der Waals surface area contributed by atoms with E-state index in [0.717, 1.165) is 0 Å². The average Bonchev–Trinajstić information content (AvgIpc) is 3.48. The van der Waals surface area contributed by atoms with Crippen LogP contribution in [0.4, 0.5) is 0 Å². The van der Waals surface area contributed by atoms with Crippen LogP contribution in [0.2, 0.25) is 0 Å². The monoisotopic (exact) mass is 528 g/mol. The van der Waals surface area contributed by atoms with Crippen molar-refractivity contribution in [2.45, 2.75) is 104 Å². The summed E-state index contributed by atoms with van der Waals surface area (Å²) in [6.07, 6.45) is 1.21. The number of rotatable bonds is 15. The van der Waals surface area contributed by atoms with Gasteiger partial charge in [0.05, 0.1) is 12.6 Å². The number of nitrogens with one attached hydrogen (secondary N) is 4. The molecule has 4 N–H and O–H groups in total. The van der Waals surface area contributed by atoms with E-state index in [1.165, 1.54) is 6.92 Å². The van der Waals surface area contributed by atoms with Crippen LogP contribution in [0.15, 0.2) is 0 Å². The molecule has 6 atom stereocenters. The van der Waals surface area contributed by atoms with Gasteiger partial charge in [-0.2, -0.15) is 0 Å². The minimum atomic E-state index is -1.01. The van der Waals surface area contributed by atoms with Gasteiger partial charge in [-0.1, -0.05) is 41.5 Å². The van der Waals surface area contributed by atoms with Crippen molar-refractivity contribution in [1.29, 1.82) is 0 Å². The number of hydrogen-bond acceptors (Lipinski definition) is 6. The second kappa shape index (κ2) is 14.0. The molecule has 10 nitrogen and oxygen atoms in total. The molecule has 0 aromatic carbocycles. The third-order valence-corrected chi connectivity index (χ3v) is 6.23. The Morgan fingerprint density at radius 3 is 1.53 bits per heavy atom. The van der Waals surface area contributed by atoms with Gasteiger partial charge in [0, 0.05) is 6.92 Å². The summed E-state index contributed by atoms with van der Waals surface area (Å²) in [5.41, 5.74) is -0.875. The van der Waals surface area contributed by atoms with Gasteiger partial charge in [-0.15, -0.1) is 9.24 Å². The summed E-state index contributed by atoms with van der Waals surface area (Å²) >= 11 is 0. The Kier molecular flexibility index (Phi) is 12.5. The maximum Gasteiger partial charge on any atom is 0.247 e. The van der Waals surface area contributed by atoms with Crippen LogP contribution >= 0.6 is 9.24 Å². The van der Waals surface area contributed by atoms with Gasteiger partial charge < -0.3 is 26.0 Å². The van der Waals surface area contributed by atoms with Gasteiger partial charge in [0.15, 0.2) is 5.78 Å². The molecule has 0 aromatic heterocycles. The van der Waals surface area contributed by atoms with Gasteiger partial charge >= 0.3 is 0 Å². The molecular weight excluding hydrogens is 483 g/mol. The highest BCUT2D eigenvalue weighted by molar-refractivity contribution is 7.19. The molecule has 1 heterocycles. The van der Waals surface area contributed by atoms with E-state index in [1.807, 2.05) is 41.5 Å².